The Labute approximate surface area is 170 Å². The number of fused-ring (bicyclic) bond motifs is 1. The summed E-state index contributed by atoms with van der Waals surface area (Å²) in [7, 11) is 0. The lowest BCUT2D eigenvalue weighted by atomic mass is 9.89. The van der Waals surface area contributed by atoms with Crippen LogP contribution in [0.5, 0.6) is 0 Å². The van der Waals surface area contributed by atoms with Gasteiger partial charge in [-0.2, -0.15) is 0 Å². The van der Waals surface area contributed by atoms with E-state index >= 15 is 0 Å². The first-order valence-corrected chi connectivity index (χ1v) is 10.1. The molecule has 1 aliphatic carbocycles. The molecule has 1 aliphatic heterocycles. The molecule has 0 spiro atoms. The highest BCUT2D eigenvalue weighted by molar-refractivity contribution is 6.16. The summed E-state index contributed by atoms with van der Waals surface area (Å²) in [5, 5.41) is 0. The van der Waals surface area contributed by atoms with Crippen LogP contribution in [0.2, 0.25) is 0 Å². The molecule has 2 aliphatic rings. The van der Waals surface area contributed by atoms with Crippen LogP contribution in [0.15, 0.2) is 60.2 Å². The van der Waals surface area contributed by atoms with Crippen LogP contribution in [-0.4, -0.2) is 49.6 Å². The molecule has 1 atom stereocenters. The van der Waals surface area contributed by atoms with E-state index in [9.17, 15) is 9.59 Å². The van der Waals surface area contributed by atoms with Gasteiger partial charge in [-0.3, -0.25) is 9.59 Å². The number of carbonyl (C=O) groups is 2. The van der Waals surface area contributed by atoms with Crippen molar-refractivity contribution < 1.29 is 19.1 Å². The molecule has 0 aromatic heterocycles. The number of nitrogens with zero attached hydrogens (tertiary/aromatic N) is 1. The second-order valence-electron chi connectivity index (χ2n) is 7.22. The van der Waals surface area contributed by atoms with Crippen molar-refractivity contribution in [2.75, 3.05) is 32.9 Å². The zero-order chi connectivity index (χ0) is 20.2. The van der Waals surface area contributed by atoms with Gasteiger partial charge in [0.25, 0.3) is 0 Å². The topological polar surface area (TPSA) is 55.8 Å². The number of benzene rings is 2. The van der Waals surface area contributed by atoms with Gasteiger partial charge in [-0.1, -0.05) is 54.6 Å². The number of esters is 1. The van der Waals surface area contributed by atoms with Crippen molar-refractivity contribution in [3.8, 4) is 0 Å². The molecule has 1 saturated heterocycles. The molecule has 0 amide bonds. The van der Waals surface area contributed by atoms with E-state index in [-0.39, 0.29) is 12.4 Å². The molecular formula is C24H25NO4. The fourth-order valence-corrected chi connectivity index (χ4v) is 4.13. The highest BCUT2D eigenvalue weighted by Gasteiger charge is 2.37. The van der Waals surface area contributed by atoms with E-state index in [2.05, 4.69) is 17.0 Å². The Kier molecular flexibility index (Phi) is 5.76. The lowest BCUT2D eigenvalue weighted by Crippen LogP contribution is -2.36. The number of carbonyl (C=O) groups excluding carboxylic acids is 2. The first-order valence-electron chi connectivity index (χ1n) is 10.1. The summed E-state index contributed by atoms with van der Waals surface area (Å²) >= 11 is 0. The van der Waals surface area contributed by atoms with Gasteiger partial charge in [0.05, 0.1) is 25.5 Å². The van der Waals surface area contributed by atoms with Gasteiger partial charge in [-0.05, 0) is 18.1 Å². The maximum atomic E-state index is 13.8. The van der Waals surface area contributed by atoms with E-state index in [1.807, 2.05) is 42.5 Å². The number of hydrogen-bond donors (Lipinski definition) is 0. The first-order chi connectivity index (χ1) is 14.2. The molecule has 150 valence electrons. The Balaban J connectivity index is 1.78. The molecule has 1 heterocycles. The van der Waals surface area contributed by atoms with Crippen molar-refractivity contribution in [1.29, 1.82) is 0 Å². The van der Waals surface area contributed by atoms with Gasteiger partial charge < -0.3 is 14.4 Å². The molecule has 2 aromatic carbocycles. The van der Waals surface area contributed by atoms with Gasteiger partial charge >= 0.3 is 5.97 Å². The quantitative estimate of drug-likeness (QED) is 0.559. The molecule has 1 unspecified atom stereocenters. The molecule has 5 nitrogen and oxygen atoms in total. The maximum absolute atomic E-state index is 13.8. The molecule has 5 heteroatoms. The van der Waals surface area contributed by atoms with Crippen molar-refractivity contribution in [1.82, 2.24) is 4.90 Å². The lowest BCUT2D eigenvalue weighted by molar-refractivity contribution is -0.147. The van der Waals surface area contributed by atoms with E-state index in [1.165, 1.54) is 0 Å². The number of ketones is 1. The molecule has 0 bridgehead atoms. The van der Waals surface area contributed by atoms with E-state index < -0.39 is 11.9 Å². The summed E-state index contributed by atoms with van der Waals surface area (Å²) in [5.74, 6) is -1.61. The summed E-state index contributed by atoms with van der Waals surface area (Å²) in [6.07, 6.45) is 0.532. The number of Topliss-reactive ketones (excluding diaryl/α,β-unsaturated/α-hetero) is 1. The molecule has 29 heavy (non-hydrogen) atoms. The van der Waals surface area contributed by atoms with Gasteiger partial charge in [0.15, 0.2) is 5.78 Å². The third-order valence-electron chi connectivity index (χ3n) is 5.47. The van der Waals surface area contributed by atoms with E-state index in [4.69, 9.17) is 9.47 Å². The van der Waals surface area contributed by atoms with Crippen LogP contribution < -0.4 is 0 Å². The van der Waals surface area contributed by atoms with Crippen molar-refractivity contribution in [3.63, 3.8) is 0 Å². The zero-order valence-electron chi connectivity index (χ0n) is 16.6. The van der Waals surface area contributed by atoms with Crippen molar-refractivity contribution in [2.45, 2.75) is 19.3 Å². The fourth-order valence-electron chi connectivity index (χ4n) is 4.13. The van der Waals surface area contributed by atoms with E-state index in [0.29, 0.717) is 30.8 Å². The summed E-state index contributed by atoms with van der Waals surface area (Å²) in [6.45, 7) is 4.73. The zero-order valence-corrected chi connectivity index (χ0v) is 16.6. The Morgan fingerprint density at radius 3 is 2.45 bits per heavy atom. The normalized spacial score (nSPS) is 17.1. The minimum Gasteiger partial charge on any atom is -0.465 e. The highest BCUT2D eigenvalue weighted by Crippen LogP contribution is 2.38. The van der Waals surface area contributed by atoms with Gasteiger partial charge in [0.2, 0.25) is 0 Å². The molecule has 2 aromatic rings. The number of allylic oxidation sites excluding steroid dienone is 1. The van der Waals surface area contributed by atoms with Crippen molar-refractivity contribution in [3.05, 3.63) is 76.9 Å². The van der Waals surface area contributed by atoms with Gasteiger partial charge in [-0.25, -0.2) is 0 Å². The van der Waals surface area contributed by atoms with Gasteiger partial charge in [-0.15, -0.1) is 0 Å². The monoisotopic (exact) mass is 391 g/mol. The van der Waals surface area contributed by atoms with E-state index in [1.54, 1.807) is 6.92 Å². The van der Waals surface area contributed by atoms with Crippen LogP contribution in [0.3, 0.4) is 0 Å². The minimum atomic E-state index is -0.948. The smallest absolute Gasteiger partial charge is 0.321 e. The molecule has 4 rings (SSSR count). The van der Waals surface area contributed by atoms with Crippen LogP contribution in [0, 0.1) is 0 Å². The predicted molar refractivity (Wildman–Crippen MR) is 110 cm³/mol. The molecular weight excluding hydrogens is 366 g/mol. The lowest BCUT2D eigenvalue weighted by Gasteiger charge is -2.31. The SMILES string of the molecule is CCOC(=O)C(C(=O)C1=C(N2CCOCC2)c2ccccc2C1)c1ccccc1. The van der Waals surface area contributed by atoms with Crippen LogP contribution in [0.25, 0.3) is 5.70 Å². The van der Waals surface area contributed by atoms with Crippen LogP contribution in [0.4, 0.5) is 0 Å². The Morgan fingerprint density at radius 2 is 1.72 bits per heavy atom. The number of hydrogen-bond acceptors (Lipinski definition) is 5. The fraction of sp³-hybridized carbons (Fsp3) is 0.333. The summed E-state index contributed by atoms with van der Waals surface area (Å²) in [6, 6.07) is 17.3. The second-order valence-corrected chi connectivity index (χ2v) is 7.22. The summed E-state index contributed by atoms with van der Waals surface area (Å²) in [5.41, 5.74) is 4.50. The van der Waals surface area contributed by atoms with Crippen LogP contribution >= 0.6 is 0 Å². The number of morpholine rings is 1. The second kappa shape index (κ2) is 8.62. The van der Waals surface area contributed by atoms with Crippen LogP contribution in [0.1, 0.15) is 29.5 Å². The Morgan fingerprint density at radius 1 is 1.03 bits per heavy atom. The number of ether oxygens (including phenoxy) is 2. The summed E-state index contributed by atoms with van der Waals surface area (Å²) < 4.78 is 10.8. The Bertz CT molecular complexity index is 929. The third kappa shape index (κ3) is 3.83. The maximum Gasteiger partial charge on any atom is 0.321 e. The number of rotatable bonds is 6. The molecule has 0 radical (unpaired) electrons. The van der Waals surface area contributed by atoms with Crippen LogP contribution in [-0.2, 0) is 25.5 Å². The van der Waals surface area contributed by atoms with E-state index in [0.717, 1.165) is 29.9 Å². The summed E-state index contributed by atoms with van der Waals surface area (Å²) in [4.78, 5) is 28.8. The standard InChI is InChI=1S/C24H25NO4/c1-2-29-24(27)21(17-8-4-3-5-9-17)23(26)20-16-18-10-6-7-11-19(18)22(20)25-12-14-28-15-13-25/h3-11,21H,2,12-16H2,1H3. The molecule has 1 fully saturated rings. The predicted octanol–water partition coefficient (Wildman–Crippen LogP) is 3.20. The molecule has 0 N–H and O–H groups in total. The van der Waals surface area contributed by atoms with Crippen molar-refractivity contribution >= 4 is 17.4 Å². The third-order valence-corrected chi connectivity index (χ3v) is 5.47. The van der Waals surface area contributed by atoms with Crippen molar-refractivity contribution in [2.24, 2.45) is 0 Å². The van der Waals surface area contributed by atoms with Gasteiger partial charge in [0.1, 0.15) is 5.92 Å². The first kappa shape index (κ1) is 19.4. The Hall–Kier alpha value is -2.92. The largest absolute Gasteiger partial charge is 0.465 e. The molecule has 0 saturated carbocycles. The average molecular weight is 391 g/mol. The van der Waals surface area contributed by atoms with Gasteiger partial charge in [0, 0.05) is 30.6 Å². The minimum absolute atomic E-state index is 0.174. The highest BCUT2D eigenvalue weighted by atomic mass is 16.5. The average Bonchev–Trinajstić information content (AvgIpc) is 3.15.